The Morgan fingerprint density at radius 1 is 1.43 bits per heavy atom. The first kappa shape index (κ1) is 11.5. The van der Waals surface area contributed by atoms with Crippen LogP contribution in [-0.2, 0) is 16.4 Å². The van der Waals surface area contributed by atoms with Crippen LogP contribution in [0.5, 0.6) is 0 Å². The van der Waals surface area contributed by atoms with Crippen molar-refractivity contribution in [1.29, 1.82) is 0 Å². The van der Waals surface area contributed by atoms with E-state index in [0.717, 1.165) is 17.5 Å². The molecule has 5 heteroatoms. The van der Waals surface area contributed by atoms with Crippen LogP contribution >= 0.6 is 11.6 Å². The molecule has 0 bridgehead atoms. The van der Waals surface area contributed by atoms with E-state index in [4.69, 9.17) is 16.7 Å². The van der Waals surface area contributed by atoms with Gasteiger partial charge in [0.05, 0.1) is 4.90 Å². The fourth-order valence-corrected chi connectivity index (χ4v) is 2.13. The van der Waals surface area contributed by atoms with E-state index in [0.29, 0.717) is 5.02 Å². The minimum Gasteiger partial charge on any atom is -0.225 e. The summed E-state index contributed by atoms with van der Waals surface area (Å²) in [5.41, 5.74) is 1.81. The van der Waals surface area contributed by atoms with Crippen molar-refractivity contribution >= 4 is 21.6 Å². The second-order valence-corrected chi connectivity index (χ2v) is 5.06. The Balaban J connectivity index is 3.46. The molecule has 0 amide bonds. The lowest BCUT2D eigenvalue weighted by molar-refractivity contribution is 0.597. The summed E-state index contributed by atoms with van der Waals surface area (Å²) >= 11 is 5.88. The first-order valence-electron chi connectivity index (χ1n) is 4.18. The van der Waals surface area contributed by atoms with Gasteiger partial charge in [0.15, 0.2) is 0 Å². The number of nitrogens with two attached hydrogens (primary N) is 1. The summed E-state index contributed by atoms with van der Waals surface area (Å²) in [5, 5.41) is 5.45. The molecule has 3 nitrogen and oxygen atoms in total. The van der Waals surface area contributed by atoms with Gasteiger partial charge in [-0.05, 0) is 36.6 Å². The Morgan fingerprint density at radius 2 is 2.00 bits per heavy atom. The summed E-state index contributed by atoms with van der Waals surface area (Å²) < 4.78 is 22.2. The zero-order valence-electron chi connectivity index (χ0n) is 8.04. The van der Waals surface area contributed by atoms with E-state index in [9.17, 15) is 8.42 Å². The molecule has 1 aromatic carbocycles. The number of primary sulfonamides is 1. The minimum atomic E-state index is -3.66. The lowest BCUT2D eigenvalue weighted by atomic mass is 10.1. The predicted molar refractivity (Wildman–Crippen MR) is 56.9 cm³/mol. The number of benzene rings is 1. The van der Waals surface area contributed by atoms with Crippen molar-refractivity contribution in [3.8, 4) is 0 Å². The summed E-state index contributed by atoms with van der Waals surface area (Å²) in [5.74, 6) is 0. The van der Waals surface area contributed by atoms with Gasteiger partial charge >= 0.3 is 0 Å². The third-order valence-electron chi connectivity index (χ3n) is 2.13. The van der Waals surface area contributed by atoms with Crippen LogP contribution < -0.4 is 5.14 Å². The Labute approximate surface area is 88.9 Å². The molecule has 0 saturated heterocycles. The number of hydrogen-bond acceptors (Lipinski definition) is 2. The summed E-state index contributed by atoms with van der Waals surface area (Å²) in [4.78, 5) is 0.0740. The van der Waals surface area contributed by atoms with Crippen molar-refractivity contribution in [3.05, 3.63) is 28.3 Å². The van der Waals surface area contributed by atoms with Crippen molar-refractivity contribution in [2.24, 2.45) is 5.14 Å². The second-order valence-electron chi connectivity index (χ2n) is 3.09. The van der Waals surface area contributed by atoms with E-state index in [-0.39, 0.29) is 4.90 Å². The van der Waals surface area contributed by atoms with Crippen molar-refractivity contribution in [1.82, 2.24) is 0 Å². The van der Waals surface area contributed by atoms with Crippen molar-refractivity contribution in [3.63, 3.8) is 0 Å². The van der Waals surface area contributed by atoms with Crippen LogP contribution in [-0.4, -0.2) is 8.42 Å². The molecule has 0 heterocycles. The van der Waals surface area contributed by atoms with Gasteiger partial charge in [-0.1, -0.05) is 18.5 Å². The first-order valence-corrected chi connectivity index (χ1v) is 6.10. The maximum absolute atomic E-state index is 11.1. The monoisotopic (exact) mass is 233 g/mol. The summed E-state index contributed by atoms with van der Waals surface area (Å²) in [6.45, 7) is 3.79. The highest BCUT2D eigenvalue weighted by atomic mass is 35.5. The van der Waals surface area contributed by atoms with E-state index >= 15 is 0 Å². The third-order valence-corrected chi connectivity index (χ3v) is 3.42. The highest BCUT2D eigenvalue weighted by Gasteiger charge is 2.12. The average Bonchev–Trinajstić information content (AvgIpc) is 2.07. The first-order chi connectivity index (χ1) is 6.36. The highest BCUT2D eigenvalue weighted by molar-refractivity contribution is 7.89. The molecule has 1 aromatic rings. The highest BCUT2D eigenvalue weighted by Crippen LogP contribution is 2.23. The number of halogens is 1. The molecule has 78 valence electrons. The van der Waals surface area contributed by atoms with Crippen LogP contribution in [0.2, 0.25) is 5.02 Å². The van der Waals surface area contributed by atoms with E-state index in [1.807, 2.05) is 13.8 Å². The molecular formula is C9H12ClNO2S. The summed E-state index contributed by atoms with van der Waals surface area (Å²) in [6.07, 6.45) is 0.731. The number of sulfonamides is 1. The Kier molecular flexibility index (Phi) is 3.19. The maximum Gasteiger partial charge on any atom is 0.238 e. The molecular weight excluding hydrogens is 222 g/mol. The zero-order valence-corrected chi connectivity index (χ0v) is 9.61. The fourth-order valence-electron chi connectivity index (χ4n) is 1.24. The number of rotatable bonds is 2. The normalized spacial score (nSPS) is 11.7. The molecule has 2 N–H and O–H groups in total. The van der Waals surface area contributed by atoms with Gasteiger partial charge in [0.1, 0.15) is 0 Å². The molecule has 0 aliphatic carbocycles. The standard InChI is InChI=1S/C9H12ClNO2S/c1-3-7-4-8(14(11,12)13)5-9(10)6(7)2/h4-5H,3H2,1-2H3,(H2,11,12,13). The smallest absolute Gasteiger partial charge is 0.225 e. The van der Waals surface area contributed by atoms with Gasteiger partial charge < -0.3 is 0 Å². The van der Waals surface area contributed by atoms with E-state index < -0.39 is 10.0 Å². The lowest BCUT2D eigenvalue weighted by Crippen LogP contribution is -2.12. The van der Waals surface area contributed by atoms with E-state index in [1.54, 1.807) is 6.07 Å². The average molecular weight is 234 g/mol. The lowest BCUT2D eigenvalue weighted by Gasteiger charge is -2.07. The predicted octanol–water partition coefficient (Wildman–Crippen LogP) is 1.86. The van der Waals surface area contributed by atoms with Crippen molar-refractivity contribution in [2.75, 3.05) is 0 Å². The topological polar surface area (TPSA) is 60.2 Å². The second kappa shape index (κ2) is 3.88. The molecule has 0 unspecified atom stereocenters. The Morgan fingerprint density at radius 3 is 2.43 bits per heavy atom. The van der Waals surface area contributed by atoms with Gasteiger partial charge in [-0.25, -0.2) is 13.6 Å². The molecule has 0 aliphatic heterocycles. The Hall–Kier alpha value is -0.580. The fraction of sp³-hybridized carbons (Fsp3) is 0.333. The van der Waals surface area contributed by atoms with Gasteiger partial charge in [-0.2, -0.15) is 0 Å². The molecule has 14 heavy (non-hydrogen) atoms. The van der Waals surface area contributed by atoms with Crippen LogP contribution in [0.25, 0.3) is 0 Å². The van der Waals surface area contributed by atoms with E-state index in [2.05, 4.69) is 0 Å². The zero-order chi connectivity index (χ0) is 10.9. The quantitative estimate of drug-likeness (QED) is 0.848. The van der Waals surface area contributed by atoms with Crippen LogP contribution in [0.1, 0.15) is 18.1 Å². The Bertz CT molecular complexity index is 454. The van der Waals surface area contributed by atoms with Crippen LogP contribution in [0.3, 0.4) is 0 Å². The molecule has 0 radical (unpaired) electrons. The molecule has 1 rings (SSSR count). The van der Waals surface area contributed by atoms with Gasteiger partial charge in [0.2, 0.25) is 10.0 Å². The number of hydrogen-bond donors (Lipinski definition) is 1. The SMILES string of the molecule is CCc1cc(S(N)(=O)=O)cc(Cl)c1C. The van der Waals surface area contributed by atoms with Crippen molar-refractivity contribution < 1.29 is 8.42 Å². The van der Waals surface area contributed by atoms with Crippen LogP contribution in [0.4, 0.5) is 0 Å². The molecule has 0 aliphatic rings. The van der Waals surface area contributed by atoms with Crippen molar-refractivity contribution in [2.45, 2.75) is 25.2 Å². The van der Waals surface area contributed by atoms with Crippen LogP contribution in [0.15, 0.2) is 17.0 Å². The largest absolute Gasteiger partial charge is 0.238 e. The molecule has 0 spiro atoms. The molecule has 0 fully saturated rings. The maximum atomic E-state index is 11.1. The van der Waals surface area contributed by atoms with Gasteiger partial charge in [0.25, 0.3) is 0 Å². The molecule has 0 saturated carbocycles. The third kappa shape index (κ3) is 2.26. The van der Waals surface area contributed by atoms with Gasteiger partial charge in [-0.3, -0.25) is 0 Å². The van der Waals surface area contributed by atoms with Gasteiger partial charge in [-0.15, -0.1) is 0 Å². The summed E-state index contributed by atoms with van der Waals surface area (Å²) in [7, 11) is -3.66. The van der Waals surface area contributed by atoms with E-state index in [1.165, 1.54) is 6.07 Å². The summed E-state index contributed by atoms with van der Waals surface area (Å²) in [6, 6.07) is 2.95. The van der Waals surface area contributed by atoms with Gasteiger partial charge in [0, 0.05) is 5.02 Å². The van der Waals surface area contributed by atoms with Crippen LogP contribution in [0, 0.1) is 6.92 Å². The molecule has 0 atom stereocenters. The minimum absolute atomic E-state index is 0.0740. The number of aryl methyl sites for hydroxylation is 1. The molecule has 0 aromatic heterocycles.